The van der Waals surface area contributed by atoms with Crippen LogP contribution in [0.15, 0.2) is 33.9 Å². The van der Waals surface area contributed by atoms with Crippen molar-refractivity contribution in [3.05, 3.63) is 40.3 Å². The summed E-state index contributed by atoms with van der Waals surface area (Å²) in [6, 6.07) is 5.65. The van der Waals surface area contributed by atoms with Crippen LogP contribution in [0.25, 0.3) is 0 Å². The second-order valence-electron chi connectivity index (χ2n) is 4.16. The van der Waals surface area contributed by atoms with Crippen LogP contribution in [0, 0.1) is 6.92 Å². The Balaban J connectivity index is 2.31. The Morgan fingerprint density at radius 2 is 2.15 bits per heavy atom. The summed E-state index contributed by atoms with van der Waals surface area (Å²) in [6.45, 7) is 2.22. The molecule has 0 radical (unpaired) electrons. The van der Waals surface area contributed by atoms with Crippen molar-refractivity contribution in [2.75, 3.05) is 7.11 Å². The first-order valence-corrected chi connectivity index (χ1v) is 8.72. The Bertz CT molecular complexity index is 743. The van der Waals surface area contributed by atoms with Gasteiger partial charge in [0.15, 0.2) is 5.03 Å². The Morgan fingerprint density at radius 1 is 1.45 bits per heavy atom. The Hall–Kier alpha value is -1.05. The normalized spacial score (nSPS) is 11.6. The van der Waals surface area contributed by atoms with Crippen molar-refractivity contribution < 1.29 is 13.2 Å². The Kier molecular flexibility index (Phi) is 4.41. The van der Waals surface area contributed by atoms with E-state index in [4.69, 9.17) is 15.4 Å². The summed E-state index contributed by atoms with van der Waals surface area (Å²) in [4.78, 5) is 3.94. The fourth-order valence-corrected chi connectivity index (χ4v) is 3.07. The van der Waals surface area contributed by atoms with E-state index in [-0.39, 0.29) is 5.03 Å². The van der Waals surface area contributed by atoms with Gasteiger partial charge in [-0.25, -0.2) is 13.4 Å². The molecule has 1 aromatic heterocycles. The standard InChI is InChI=1S/C12H12BrClN2O3S/c1-8-15-12(20(14,17)18)7-16(8)6-9-3-4-11(19-2)10(13)5-9/h3-5,7H,6H2,1-2H3. The first kappa shape index (κ1) is 15.3. The summed E-state index contributed by atoms with van der Waals surface area (Å²) in [5.74, 6) is 1.32. The van der Waals surface area contributed by atoms with E-state index >= 15 is 0 Å². The number of methoxy groups -OCH3 is 1. The molecular weight excluding hydrogens is 368 g/mol. The van der Waals surface area contributed by atoms with Gasteiger partial charge in [0.1, 0.15) is 11.6 Å². The molecule has 0 aliphatic carbocycles. The highest BCUT2D eigenvalue weighted by Crippen LogP contribution is 2.26. The van der Waals surface area contributed by atoms with Crippen molar-refractivity contribution in [2.45, 2.75) is 18.5 Å². The van der Waals surface area contributed by atoms with E-state index in [0.717, 1.165) is 15.8 Å². The highest BCUT2D eigenvalue weighted by atomic mass is 79.9. The molecule has 5 nitrogen and oxygen atoms in total. The van der Waals surface area contributed by atoms with E-state index in [1.165, 1.54) is 6.20 Å². The summed E-state index contributed by atoms with van der Waals surface area (Å²) < 4.78 is 30.2. The van der Waals surface area contributed by atoms with Crippen LogP contribution in [0.4, 0.5) is 0 Å². The molecule has 0 unspecified atom stereocenters. The minimum Gasteiger partial charge on any atom is -0.496 e. The predicted molar refractivity (Wildman–Crippen MR) is 79.8 cm³/mol. The Morgan fingerprint density at radius 3 is 2.65 bits per heavy atom. The molecule has 20 heavy (non-hydrogen) atoms. The topological polar surface area (TPSA) is 61.2 Å². The molecule has 2 aromatic rings. The molecule has 1 heterocycles. The van der Waals surface area contributed by atoms with Crippen LogP contribution in [0.3, 0.4) is 0 Å². The van der Waals surface area contributed by atoms with Crippen LogP contribution in [0.5, 0.6) is 5.75 Å². The van der Waals surface area contributed by atoms with Crippen LogP contribution in [0.2, 0.25) is 0 Å². The summed E-state index contributed by atoms with van der Waals surface area (Å²) in [7, 11) is 3.07. The van der Waals surface area contributed by atoms with Gasteiger partial charge in [-0.15, -0.1) is 0 Å². The van der Waals surface area contributed by atoms with E-state index in [9.17, 15) is 8.42 Å². The predicted octanol–water partition coefficient (Wildman–Crippen LogP) is 2.94. The lowest BCUT2D eigenvalue weighted by Gasteiger charge is -2.08. The number of hydrogen-bond donors (Lipinski definition) is 0. The lowest BCUT2D eigenvalue weighted by Crippen LogP contribution is -2.01. The number of ether oxygens (including phenoxy) is 1. The van der Waals surface area contributed by atoms with Gasteiger partial charge in [-0.1, -0.05) is 6.07 Å². The third-order valence-electron chi connectivity index (χ3n) is 2.77. The highest BCUT2D eigenvalue weighted by molar-refractivity contribution is 9.10. The smallest absolute Gasteiger partial charge is 0.280 e. The average molecular weight is 380 g/mol. The molecule has 0 N–H and O–H groups in total. The molecule has 0 aliphatic heterocycles. The van der Waals surface area contributed by atoms with Crippen molar-refractivity contribution in [1.29, 1.82) is 0 Å². The lowest BCUT2D eigenvalue weighted by atomic mass is 10.2. The van der Waals surface area contributed by atoms with Crippen LogP contribution in [-0.4, -0.2) is 25.1 Å². The zero-order chi connectivity index (χ0) is 14.9. The molecule has 0 fully saturated rings. The van der Waals surface area contributed by atoms with Gasteiger partial charge in [0.2, 0.25) is 0 Å². The minimum absolute atomic E-state index is 0.135. The molecule has 0 amide bonds. The van der Waals surface area contributed by atoms with Gasteiger partial charge in [-0.05, 0) is 40.5 Å². The van der Waals surface area contributed by atoms with E-state index < -0.39 is 9.05 Å². The molecule has 0 spiro atoms. The van der Waals surface area contributed by atoms with Crippen molar-refractivity contribution in [1.82, 2.24) is 9.55 Å². The minimum atomic E-state index is -3.80. The molecule has 2 rings (SSSR count). The summed E-state index contributed by atoms with van der Waals surface area (Å²) >= 11 is 3.41. The van der Waals surface area contributed by atoms with E-state index in [1.54, 1.807) is 18.6 Å². The van der Waals surface area contributed by atoms with Gasteiger partial charge in [0, 0.05) is 23.4 Å². The highest BCUT2D eigenvalue weighted by Gasteiger charge is 2.16. The van der Waals surface area contributed by atoms with Crippen LogP contribution >= 0.6 is 26.6 Å². The average Bonchev–Trinajstić information content (AvgIpc) is 2.71. The van der Waals surface area contributed by atoms with Crippen LogP contribution in [0.1, 0.15) is 11.4 Å². The van der Waals surface area contributed by atoms with Gasteiger partial charge in [-0.3, -0.25) is 0 Å². The molecule has 8 heteroatoms. The van der Waals surface area contributed by atoms with Crippen molar-refractivity contribution in [3.8, 4) is 5.75 Å². The van der Waals surface area contributed by atoms with Gasteiger partial charge < -0.3 is 9.30 Å². The van der Waals surface area contributed by atoms with Crippen LogP contribution < -0.4 is 4.74 Å². The molecule has 0 bridgehead atoms. The first-order chi connectivity index (χ1) is 9.31. The number of benzene rings is 1. The number of aromatic nitrogens is 2. The molecule has 0 saturated carbocycles. The zero-order valence-corrected chi connectivity index (χ0v) is 14.0. The van der Waals surface area contributed by atoms with Gasteiger partial charge in [0.05, 0.1) is 11.6 Å². The van der Waals surface area contributed by atoms with E-state index in [2.05, 4.69) is 20.9 Å². The van der Waals surface area contributed by atoms with Gasteiger partial charge >= 0.3 is 0 Å². The quantitative estimate of drug-likeness (QED) is 0.766. The third kappa shape index (κ3) is 3.34. The molecule has 108 valence electrons. The third-order valence-corrected chi connectivity index (χ3v) is 4.56. The molecular formula is C12H12BrClN2O3S. The number of hydrogen-bond acceptors (Lipinski definition) is 4. The SMILES string of the molecule is COc1ccc(Cn2cc(S(=O)(=O)Cl)nc2C)cc1Br. The van der Waals surface area contributed by atoms with Crippen molar-refractivity contribution >= 4 is 35.7 Å². The Labute approximate surface area is 130 Å². The largest absolute Gasteiger partial charge is 0.496 e. The number of aryl methyl sites for hydroxylation is 1. The van der Waals surface area contributed by atoms with Gasteiger partial charge in [-0.2, -0.15) is 0 Å². The number of nitrogens with zero attached hydrogens (tertiary/aromatic N) is 2. The second kappa shape index (κ2) is 5.75. The summed E-state index contributed by atoms with van der Waals surface area (Å²) in [5.41, 5.74) is 0.983. The summed E-state index contributed by atoms with van der Waals surface area (Å²) in [6.07, 6.45) is 1.43. The molecule has 0 saturated heterocycles. The number of imidazole rings is 1. The van der Waals surface area contributed by atoms with Crippen molar-refractivity contribution in [3.63, 3.8) is 0 Å². The maximum atomic E-state index is 11.3. The van der Waals surface area contributed by atoms with Gasteiger partial charge in [0.25, 0.3) is 9.05 Å². The fraction of sp³-hybridized carbons (Fsp3) is 0.250. The number of halogens is 2. The van der Waals surface area contributed by atoms with Crippen LogP contribution in [-0.2, 0) is 15.6 Å². The monoisotopic (exact) mass is 378 g/mol. The molecule has 0 atom stereocenters. The molecule has 1 aromatic carbocycles. The molecule has 0 aliphatic rings. The second-order valence-corrected chi connectivity index (χ2v) is 7.53. The van der Waals surface area contributed by atoms with E-state index in [0.29, 0.717) is 12.4 Å². The first-order valence-electron chi connectivity index (χ1n) is 5.62. The van der Waals surface area contributed by atoms with E-state index in [1.807, 2.05) is 18.2 Å². The fourth-order valence-electron chi connectivity index (χ4n) is 1.76. The number of rotatable bonds is 4. The maximum absolute atomic E-state index is 11.3. The van der Waals surface area contributed by atoms with Crippen molar-refractivity contribution in [2.24, 2.45) is 0 Å². The summed E-state index contributed by atoms with van der Waals surface area (Å²) in [5, 5.41) is -0.135. The zero-order valence-electron chi connectivity index (χ0n) is 10.8. The maximum Gasteiger partial charge on any atom is 0.280 e. The lowest BCUT2D eigenvalue weighted by molar-refractivity contribution is 0.412.